The van der Waals surface area contributed by atoms with Crippen molar-refractivity contribution in [3.63, 3.8) is 0 Å². The third-order valence-corrected chi connectivity index (χ3v) is 8.02. The number of amides is 2. The number of benzene rings is 2. The molecule has 2 aromatic rings. The number of aryl methyl sites for hydroxylation is 1. The molecule has 0 bridgehead atoms. The van der Waals surface area contributed by atoms with Crippen LogP contribution in [-0.2, 0) is 17.8 Å². The van der Waals surface area contributed by atoms with E-state index >= 15 is 0 Å². The number of aliphatic hydroxyl groups is 1. The molecule has 1 aliphatic carbocycles. The number of hydrogen-bond acceptors (Lipinski definition) is 5. The number of rotatable bonds is 8. The van der Waals surface area contributed by atoms with Gasteiger partial charge in [-0.2, -0.15) is 0 Å². The van der Waals surface area contributed by atoms with Crippen molar-refractivity contribution in [2.75, 3.05) is 38.2 Å². The highest BCUT2D eigenvalue weighted by atomic mass is 16.5. The lowest BCUT2D eigenvalue weighted by Crippen LogP contribution is -2.53. The molecule has 0 spiro atoms. The molecule has 1 aliphatic heterocycles. The van der Waals surface area contributed by atoms with E-state index < -0.39 is 6.09 Å². The van der Waals surface area contributed by atoms with Gasteiger partial charge in [0.15, 0.2) is 0 Å². The van der Waals surface area contributed by atoms with Gasteiger partial charge in [-0.3, -0.25) is 9.69 Å². The van der Waals surface area contributed by atoms with Gasteiger partial charge >= 0.3 is 6.09 Å². The minimum Gasteiger partial charge on any atom is -0.490 e. The van der Waals surface area contributed by atoms with Gasteiger partial charge in [-0.05, 0) is 86.9 Å². The zero-order chi connectivity index (χ0) is 27.2. The SMILES string of the molecule is Cc1cc(N(C)C(=O)C2CCC(Oc3cccc(CCO)c3)CC2)ccc1CN1CCN(C(=O)O)[C@@H](C)C1. The topological polar surface area (TPSA) is 93.6 Å². The first-order valence-electron chi connectivity index (χ1n) is 13.7. The summed E-state index contributed by atoms with van der Waals surface area (Å²) in [5, 5.41) is 18.5. The molecule has 1 saturated carbocycles. The molecule has 38 heavy (non-hydrogen) atoms. The Morgan fingerprint density at radius 2 is 1.84 bits per heavy atom. The average molecular weight is 524 g/mol. The van der Waals surface area contributed by atoms with Crippen LogP contribution in [0.2, 0.25) is 0 Å². The van der Waals surface area contributed by atoms with Crippen LogP contribution in [0.3, 0.4) is 0 Å². The second-order valence-corrected chi connectivity index (χ2v) is 10.8. The normalized spacial score (nSPS) is 22.2. The van der Waals surface area contributed by atoms with Crippen LogP contribution in [0, 0.1) is 12.8 Å². The summed E-state index contributed by atoms with van der Waals surface area (Å²) < 4.78 is 6.19. The van der Waals surface area contributed by atoms with Gasteiger partial charge in [0.05, 0.1) is 6.10 Å². The lowest BCUT2D eigenvalue weighted by atomic mass is 9.86. The zero-order valence-electron chi connectivity index (χ0n) is 22.8. The third kappa shape index (κ3) is 6.85. The Balaban J connectivity index is 1.29. The van der Waals surface area contributed by atoms with Gasteiger partial charge in [-0.25, -0.2) is 4.79 Å². The van der Waals surface area contributed by atoms with Crippen molar-refractivity contribution in [2.45, 2.75) is 64.6 Å². The van der Waals surface area contributed by atoms with Crippen LogP contribution >= 0.6 is 0 Å². The highest BCUT2D eigenvalue weighted by Crippen LogP contribution is 2.31. The molecular weight excluding hydrogens is 482 g/mol. The fourth-order valence-electron chi connectivity index (χ4n) is 5.69. The van der Waals surface area contributed by atoms with E-state index in [1.54, 1.807) is 4.90 Å². The molecule has 8 nitrogen and oxygen atoms in total. The van der Waals surface area contributed by atoms with Gasteiger partial charge in [0.2, 0.25) is 5.91 Å². The Kier molecular flexibility index (Phi) is 9.28. The first kappa shape index (κ1) is 27.9. The zero-order valence-corrected chi connectivity index (χ0v) is 22.8. The van der Waals surface area contributed by atoms with Gasteiger partial charge in [0, 0.05) is 57.5 Å². The predicted molar refractivity (Wildman–Crippen MR) is 148 cm³/mol. The van der Waals surface area contributed by atoms with Gasteiger partial charge in [0.25, 0.3) is 0 Å². The summed E-state index contributed by atoms with van der Waals surface area (Å²) in [5.74, 6) is 0.975. The number of aliphatic hydroxyl groups excluding tert-OH is 1. The van der Waals surface area contributed by atoms with Gasteiger partial charge < -0.3 is 24.7 Å². The lowest BCUT2D eigenvalue weighted by molar-refractivity contribution is -0.123. The van der Waals surface area contributed by atoms with Gasteiger partial charge in [-0.15, -0.1) is 0 Å². The summed E-state index contributed by atoms with van der Waals surface area (Å²) >= 11 is 0. The van der Waals surface area contributed by atoms with E-state index in [0.29, 0.717) is 19.5 Å². The first-order chi connectivity index (χ1) is 18.2. The summed E-state index contributed by atoms with van der Waals surface area (Å²) in [5.41, 5.74) is 4.30. The summed E-state index contributed by atoms with van der Waals surface area (Å²) in [4.78, 5) is 30.2. The summed E-state index contributed by atoms with van der Waals surface area (Å²) in [6, 6.07) is 14.1. The summed E-state index contributed by atoms with van der Waals surface area (Å²) in [7, 11) is 1.86. The molecule has 2 N–H and O–H groups in total. The molecule has 4 rings (SSSR count). The Bertz CT molecular complexity index is 1110. The van der Waals surface area contributed by atoms with Crippen molar-refractivity contribution in [2.24, 2.45) is 5.92 Å². The number of carbonyl (C=O) groups excluding carboxylic acids is 1. The molecule has 0 radical (unpaired) electrons. The number of anilines is 1. The molecule has 0 unspecified atom stereocenters. The maximum Gasteiger partial charge on any atom is 0.407 e. The Hall–Kier alpha value is -3.10. The number of carbonyl (C=O) groups is 2. The van der Waals surface area contributed by atoms with Crippen LogP contribution in [0.25, 0.3) is 0 Å². The highest BCUT2D eigenvalue weighted by molar-refractivity contribution is 5.94. The quantitative estimate of drug-likeness (QED) is 0.536. The van der Waals surface area contributed by atoms with E-state index in [1.807, 2.05) is 44.3 Å². The van der Waals surface area contributed by atoms with Crippen LogP contribution in [0.5, 0.6) is 5.75 Å². The van der Waals surface area contributed by atoms with Gasteiger partial charge in [0.1, 0.15) is 5.75 Å². The fourth-order valence-corrected chi connectivity index (χ4v) is 5.69. The smallest absolute Gasteiger partial charge is 0.407 e. The molecular formula is C30H41N3O5. The molecule has 206 valence electrons. The molecule has 2 amide bonds. The van der Waals surface area contributed by atoms with Gasteiger partial charge in [-0.1, -0.05) is 18.2 Å². The minimum absolute atomic E-state index is 0.00688. The first-order valence-corrected chi connectivity index (χ1v) is 13.7. The molecule has 2 aromatic carbocycles. The van der Waals surface area contributed by atoms with E-state index in [9.17, 15) is 19.8 Å². The number of hydrogen-bond donors (Lipinski definition) is 2. The van der Waals surface area contributed by atoms with E-state index in [4.69, 9.17) is 4.74 Å². The predicted octanol–water partition coefficient (Wildman–Crippen LogP) is 4.31. The number of ether oxygens (including phenoxy) is 1. The Labute approximate surface area is 225 Å². The lowest BCUT2D eigenvalue weighted by Gasteiger charge is -2.38. The maximum absolute atomic E-state index is 13.3. The van der Waals surface area contributed by atoms with Crippen molar-refractivity contribution in [1.82, 2.24) is 9.80 Å². The second-order valence-electron chi connectivity index (χ2n) is 10.8. The number of piperazine rings is 1. The second kappa shape index (κ2) is 12.6. The fraction of sp³-hybridized carbons (Fsp3) is 0.533. The van der Waals surface area contributed by atoms with Crippen molar-refractivity contribution < 1.29 is 24.5 Å². The van der Waals surface area contributed by atoms with Crippen LogP contribution in [0.15, 0.2) is 42.5 Å². The van der Waals surface area contributed by atoms with Crippen LogP contribution in [0.1, 0.15) is 49.3 Å². The molecule has 8 heteroatoms. The molecule has 0 aromatic heterocycles. The summed E-state index contributed by atoms with van der Waals surface area (Å²) in [6.45, 7) is 6.88. The molecule has 2 fully saturated rings. The molecule has 1 atom stereocenters. The van der Waals surface area contributed by atoms with Crippen molar-refractivity contribution >= 4 is 17.7 Å². The van der Waals surface area contributed by atoms with Crippen LogP contribution in [0.4, 0.5) is 10.5 Å². The van der Waals surface area contributed by atoms with E-state index in [0.717, 1.165) is 61.3 Å². The van der Waals surface area contributed by atoms with Crippen molar-refractivity contribution in [1.29, 1.82) is 0 Å². The van der Waals surface area contributed by atoms with Crippen LogP contribution in [-0.4, -0.2) is 77.4 Å². The monoisotopic (exact) mass is 523 g/mol. The molecule has 1 saturated heterocycles. The Morgan fingerprint density at radius 3 is 2.50 bits per heavy atom. The summed E-state index contributed by atoms with van der Waals surface area (Å²) in [6.07, 6.45) is 3.18. The Morgan fingerprint density at radius 1 is 1.08 bits per heavy atom. The van der Waals surface area contributed by atoms with E-state index in [-0.39, 0.29) is 30.6 Å². The molecule has 1 heterocycles. The van der Waals surface area contributed by atoms with Crippen molar-refractivity contribution in [3.05, 3.63) is 59.2 Å². The third-order valence-electron chi connectivity index (χ3n) is 8.02. The maximum atomic E-state index is 13.3. The highest BCUT2D eigenvalue weighted by Gasteiger charge is 2.30. The minimum atomic E-state index is -0.851. The average Bonchev–Trinajstić information content (AvgIpc) is 2.90. The standard InChI is InChI=1S/C30H41N3O5/c1-21-17-26(10-7-25(21)20-32-14-15-33(30(36)37)22(2)19-32)31(3)29(35)24-8-11-27(12-9-24)38-28-6-4-5-23(18-28)13-16-34/h4-7,10,17-18,22,24,27,34H,8-9,11-16,19-20H2,1-3H3,(H,36,37)/t22-,24?,27?/m0/s1. The van der Waals surface area contributed by atoms with E-state index in [2.05, 4.69) is 24.0 Å². The number of nitrogens with zero attached hydrogens (tertiary/aromatic N) is 3. The molecule has 2 aliphatic rings. The van der Waals surface area contributed by atoms with E-state index in [1.165, 1.54) is 10.5 Å². The van der Waals surface area contributed by atoms with Crippen LogP contribution < -0.4 is 9.64 Å². The largest absolute Gasteiger partial charge is 0.490 e. The number of carboxylic acid groups (broad SMARTS) is 1. The van der Waals surface area contributed by atoms with Crippen molar-refractivity contribution in [3.8, 4) is 5.75 Å².